The zero-order valence-corrected chi connectivity index (χ0v) is 76.6. The van der Waals surface area contributed by atoms with Crippen molar-refractivity contribution in [3.8, 4) is 5.75 Å². The van der Waals surface area contributed by atoms with E-state index in [-0.39, 0.29) is 121 Å². The van der Waals surface area contributed by atoms with Crippen LogP contribution >= 0.6 is 11.8 Å². The van der Waals surface area contributed by atoms with Gasteiger partial charge in [-0.1, -0.05) is 102 Å². The zero-order valence-electron chi connectivity index (χ0n) is 75.8. The lowest BCUT2D eigenvalue weighted by molar-refractivity contribution is -0.149. The second-order valence-corrected chi connectivity index (χ2v) is 35.0. The lowest BCUT2D eigenvalue weighted by atomic mass is 10.00. The second kappa shape index (κ2) is 50.5. The van der Waals surface area contributed by atoms with Crippen LogP contribution in [0.25, 0.3) is 21.8 Å². The molecule has 720 valence electrons. The first-order chi connectivity index (χ1) is 62.9. The number of para-hydroxylation sites is 2. The summed E-state index contributed by atoms with van der Waals surface area (Å²) < 4.78 is 0. The number of nitrogens with one attached hydrogen (secondary N) is 14. The number of aromatic amines is 2. The van der Waals surface area contributed by atoms with Crippen molar-refractivity contribution in [2.75, 3.05) is 72.0 Å². The minimum atomic E-state index is -1.88. The number of carboxylic acid groups (broad SMARTS) is 1. The molecule has 3 saturated heterocycles. The maximum Gasteiger partial charge on any atom is 0.305 e. The average Bonchev–Trinajstić information content (AvgIpc) is 1.58. The Bertz CT molecular complexity index is 4930. The molecular formula is C89H128N22O20S. The monoisotopic (exact) mass is 1860 g/mol. The average molecular weight is 1860 g/mol. The van der Waals surface area contributed by atoms with Gasteiger partial charge in [0.05, 0.1) is 25.3 Å². The standard InChI is InChI=1S/C89H128N22O20S/c1-9-11-25-68-81(124)99-59(24-17-35-94-89(92)93)77(120)106-67(76(119)97-45-72(91)114)47-132-48-73(115)98-63(39-51-29-31-54(113)32-30-51)84(127)107(6)50(5)75(118)102-65(42-74(116)117)87(130)111-37-18-27-69(111)82(125)100-60(33-34-90)78(121)103-62(38-49(3)4)86(129)110-36-19-28-70(110)83(126)101-61(40-52-43-95-57-22-15-13-20-55(52)57)79(122)105-66(46-112)80(123)104-64(41-53-44-96-58-23-16-14-21-56(53)58)85(128)109(8)71(26-12-10-2)88(131)108(68)7/h13-16,20-23,29-32,43-44,49-50,59-71,95-96,112-113H,9-12,17-19,24-28,33-42,45-48,90H2,1-8H3,(H2,91,114)(H,97,119)(H,98,115)(H,99,124)(H,100,125)(H,101,126)(H,102,118)(H,103,121)(H,104,123)(H,105,122)(H,106,120)(H,116,117)(H4,92,93,94)/t50-,59-,60-,61-,62-,63-,64-,65-,66-,67-,68-,69-,70-,71-/m0/s1. The number of hydrogen-bond donors (Lipinski definition) is 20. The summed E-state index contributed by atoms with van der Waals surface area (Å²) in [7, 11) is 3.90. The molecule has 3 aromatic carbocycles. The van der Waals surface area contributed by atoms with Gasteiger partial charge in [-0.2, -0.15) is 0 Å². The highest BCUT2D eigenvalue weighted by Gasteiger charge is 2.46. The number of hydrogen-bond acceptors (Lipinski definition) is 22. The Morgan fingerprint density at radius 2 is 1.02 bits per heavy atom. The van der Waals surface area contributed by atoms with Crippen molar-refractivity contribution in [2.24, 2.45) is 23.1 Å². The van der Waals surface area contributed by atoms with Gasteiger partial charge < -0.3 is 125 Å². The number of carboxylic acids is 1. The summed E-state index contributed by atoms with van der Waals surface area (Å²) in [6, 6.07) is -1.58. The van der Waals surface area contributed by atoms with Gasteiger partial charge in [0.15, 0.2) is 5.96 Å². The van der Waals surface area contributed by atoms with Crippen LogP contribution in [0.1, 0.15) is 148 Å². The number of amides is 16. The summed E-state index contributed by atoms with van der Waals surface area (Å²) >= 11 is 0.756. The number of likely N-dealkylation sites (N-methyl/N-ethyl adjacent to an activating group) is 3. The molecule has 0 saturated carbocycles. The first-order valence-corrected chi connectivity index (χ1v) is 45.8. The van der Waals surface area contributed by atoms with Crippen molar-refractivity contribution in [3.63, 3.8) is 0 Å². The molecule has 23 N–H and O–H groups in total. The molecule has 16 amide bonds. The molecule has 3 aliphatic rings. The van der Waals surface area contributed by atoms with Crippen LogP contribution < -0.4 is 75.7 Å². The van der Waals surface area contributed by atoms with Gasteiger partial charge >= 0.3 is 5.97 Å². The molecule has 14 atom stereocenters. The predicted octanol–water partition coefficient (Wildman–Crippen LogP) is -1.92. The fourth-order valence-electron chi connectivity index (χ4n) is 16.4. The number of fused-ring (bicyclic) bond motifs is 4. The molecule has 0 spiro atoms. The van der Waals surface area contributed by atoms with Gasteiger partial charge in [-0.05, 0) is 125 Å². The molecule has 3 fully saturated rings. The number of H-pyrrole nitrogens is 2. The topological polar surface area (TPSA) is 633 Å². The van der Waals surface area contributed by atoms with Crippen molar-refractivity contribution in [3.05, 3.63) is 102 Å². The minimum Gasteiger partial charge on any atom is -0.508 e. The Morgan fingerprint density at radius 3 is 1.58 bits per heavy atom. The van der Waals surface area contributed by atoms with Crippen LogP contribution in [0.15, 0.2) is 85.2 Å². The van der Waals surface area contributed by atoms with E-state index in [0.29, 0.717) is 64.2 Å². The highest BCUT2D eigenvalue weighted by Crippen LogP contribution is 2.28. The van der Waals surface area contributed by atoms with Crippen LogP contribution in [-0.4, -0.2) is 313 Å². The lowest BCUT2D eigenvalue weighted by Crippen LogP contribution is -2.61. The summed E-state index contributed by atoms with van der Waals surface area (Å²) in [4.78, 5) is 260. The van der Waals surface area contributed by atoms with E-state index in [9.17, 15) is 63.3 Å². The number of aliphatic hydroxyl groups is 1. The molecular weight excluding hydrogens is 1730 g/mol. The molecule has 43 heteroatoms. The fourth-order valence-corrected chi connectivity index (χ4v) is 17.2. The number of phenolic OH excluding ortho intramolecular Hbond substituents is 1. The molecule has 42 nitrogen and oxygen atoms in total. The number of phenols is 1. The number of nitrogens with zero attached hydrogens (tertiary/aromatic N) is 5. The number of carbonyl (C=O) groups excluding carboxylic acids is 16. The Labute approximate surface area is 769 Å². The molecule has 0 aliphatic carbocycles. The van der Waals surface area contributed by atoms with Crippen LogP contribution in [-0.2, 0) is 101 Å². The zero-order chi connectivity index (χ0) is 96.7. The van der Waals surface area contributed by atoms with Gasteiger partial charge in [0.25, 0.3) is 0 Å². The summed E-state index contributed by atoms with van der Waals surface area (Å²) in [6.07, 6.45) is 3.21. The number of aromatic nitrogens is 2. The van der Waals surface area contributed by atoms with Gasteiger partial charge in [-0.25, -0.2) is 0 Å². The molecule has 3 aliphatic heterocycles. The fraction of sp³-hybridized carbons (Fsp3) is 0.551. The summed E-state index contributed by atoms with van der Waals surface area (Å²) in [6.45, 7) is 6.35. The van der Waals surface area contributed by atoms with Gasteiger partial charge in [-0.15, -0.1) is 11.8 Å². The Kier molecular flexibility index (Phi) is 39.9. The van der Waals surface area contributed by atoms with E-state index in [1.165, 1.54) is 57.2 Å². The molecule has 8 rings (SSSR count). The Morgan fingerprint density at radius 1 is 0.530 bits per heavy atom. The van der Waals surface area contributed by atoms with Gasteiger partial charge in [0, 0.05) is 100.0 Å². The number of thioether (sulfide) groups is 1. The predicted molar refractivity (Wildman–Crippen MR) is 488 cm³/mol. The van der Waals surface area contributed by atoms with Crippen molar-refractivity contribution in [2.45, 2.75) is 235 Å². The third-order valence-corrected chi connectivity index (χ3v) is 24.8. The number of carbonyl (C=O) groups is 17. The number of aromatic hydroxyl groups is 1. The smallest absolute Gasteiger partial charge is 0.305 e. The Balaban J connectivity index is 1.19. The summed E-state index contributed by atoms with van der Waals surface area (Å²) in [5, 5.41) is 69.8. The second-order valence-electron chi connectivity index (χ2n) is 34.0. The molecule has 5 aromatic rings. The van der Waals surface area contributed by atoms with E-state index in [4.69, 9.17) is 22.6 Å². The third kappa shape index (κ3) is 29.3. The molecule has 5 heterocycles. The number of unbranched alkanes of at least 4 members (excludes halogenated alkanes) is 2. The number of guanidine groups is 1. The van der Waals surface area contributed by atoms with Crippen LogP contribution in [0, 0.1) is 11.3 Å². The highest BCUT2D eigenvalue weighted by atomic mass is 32.2. The SMILES string of the molecule is CCCC[C@H]1C(=O)N(C)[C@@H](CCCC)C(=O)N[C@@H](CCCNC(=N)N)C(=O)N[C@H](C(=O)NCC(N)=O)CSCC(=O)N[C@@H](Cc2ccc(O)cc2)C(=O)N(C)[C@@H](C)C(=O)N[C@@H](CC(=O)O)C(=O)N2CCC[C@H]2C(=O)N[C@@H](CCN)C(=O)N[C@@H](CC(C)C)C(=O)N2CCC[C@H]2C(=O)N[C@@H](Cc2c[nH]c3ccccc23)C(=O)N[C@@H](CO)C(=O)N[C@@H](Cc2c[nH]c3ccccc23)C(=O)N1C. The summed E-state index contributed by atoms with van der Waals surface area (Å²) in [5.41, 5.74) is 19.9. The molecule has 0 unspecified atom stereocenters. The van der Waals surface area contributed by atoms with Crippen molar-refractivity contribution in [1.29, 1.82) is 5.41 Å². The maximum atomic E-state index is 15.7. The van der Waals surface area contributed by atoms with Crippen LogP contribution in [0.5, 0.6) is 5.75 Å². The van der Waals surface area contributed by atoms with Gasteiger partial charge in [0.2, 0.25) is 94.5 Å². The normalized spacial score (nSPS) is 24.5. The first kappa shape index (κ1) is 104. The van der Waals surface area contributed by atoms with E-state index < -0.39 is 222 Å². The quantitative estimate of drug-likeness (QED) is 0.0163. The number of primary amides is 1. The molecule has 0 bridgehead atoms. The van der Waals surface area contributed by atoms with E-state index in [2.05, 4.69) is 68.5 Å². The van der Waals surface area contributed by atoms with E-state index in [0.717, 1.165) is 31.4 Å². The van der Waals surface area contributed by atoms with Crippen LogP contribution in [0.3, 0.4) is 0 Å². The number of aliphatic carboxylic acids is 1. The number of rotatable bonds is 26. The first-order valence-electron chi connectivity index (χ1n) is 44.6. The summed E-state index contributed by atoms with van der Waals surface area (Å²) in [5.74, 6) is -18.1. The van der Waals surface area contributed by atoms with Gasteiger partial charge in [-0.3, -0.25) is 86.9 Å². The van der Waals surface area contributed by atoms with Crippen LogP contribution in [0.2, 0.25) is 0 Å². The largest absolute Gasteiger partial charge is 0.508 e. The van der Waals surface area contributed by atoms with E-state index in [1.807, 2.05) is 13.8 Å². The molecule has 0 radical (unpaired) electrons. The van der Waals surface area contributed by atoms with Crippen molar-refractivity contribution in [1.82, 2.24) is 93.0 Å². The van der Waals surface area contributed by atoms with Crippen molar-refractivity contribution >= 4 is 140 Å². The van der Waals surface area contributed by atoms with Crippen molar-refractivity contribution < 1.29 is 96.8 Å². The number of benzene rings is 3. The van der Waals surface area contributed by atoms with Gasteiger partial charge in [0.1, 0.15) is 90.3 Å². The van der Waals surface area contributed by atoms with E-state index >= 15 is 33.6 Å². The third-order valence-electron chi connectivity index (χ3n) is 23.7. The maximum absolute atomic E-state index is 15.7. The van der Waals surface area contributed by atoms with E-state index in [1.54, 1.807) is 74.8 Å². The number of nitrogens with two attached hydrogens (primary N) is 3. The molecule has 132 heavy (non-hydrogen) atoms. The van der Waals surface area contributed by atoms with Crippen LogP contribution in [0.4, 0.5) is 0 Å². The lowest BCUT2D eigenvalue weighted by Gasteiger charge is -2.36. The molecule has 2 aromatic heterocycles. The minimum absolute atomic E-state index is 0.000738. The highest BCUT2D eigenvalue weighted by molar-refractivity contribution is 8.00. The Hall–Kier alpha value is -12.9. The number of aliphatic hydroxyl groups excluding tert-OH is 1.